The van der Waals surface area contributed by atoms with Crippen LogP contribution in [-0.2, 0) is 16.1 Å². The van der Waals surface area contributed by atoms with Crippen molar-refractivity contribution in [1.82, 2.24) is 10.2 Å². The minimum atomic E-state index is -0.641. The number of methoxy groups -OCH3 is 1. The number of nitrogens with zero attached hydrogens (tertiary/aromatic N) is 1. The van der Waals surface area contributed by atoms with Crippen molar-refractivity contribution < 1.29 is 19.1 Å². The fourth-order valence-corrected chi connectivity index (χ4v) is 2.85. The van der Waals surface area contributed by atoms with E-state index in [9.17, 15) is 9.59 Å². The van der Waals surface area contributed by atoms with Crippen LogP contribution in [0.3, 0.4) is 0 Å². The second kappa shape index (κ2) is 10.1. The first-order chi connectivity index (χ1) is 14.1. The summed E-state index contributed by atoms with van der Waals surface area (Å²) in [6.07, 6.45) is 0. The summed E-state index contributed by atoms with van der Waals surface area (Å²) < 4.78 is 10.8. The second-order valence-electron chi connectivity index (χ2n) is 8.39. The van der Waals surface area contributed by atoms with Crippen molar-refractivity contribution in [3.05, 3.63) is 59.7 Å². The molecule has 2 aromatic carbocycles. The van der Waals surface area contributed by atoms with Crippen LogP contribution in [0.2, 0.25) is 0 Å². The molecule has 1 N–H and O–H groups in total. The van der Waals surface area contributed by atoms with Crippen molar-refractivity contribution in [2.24, 2.45) is 0 Å². The Morgan fingerprint density at radius 2 is 1.57 bits per heavy atom. The number of carbonyl (C=O) groups excluding carboxylic acids is 2. The van der Waals surface area contributed by atoms with Crippen LogP contribution in [-0.4, -0.2) is 42.0 Å². The monoisotopic (exact) mass is 412 g/mol. The number of rotatable bonds is 8. The smallest absolute Gasteiger partial charge is 0.261 e. The highest BCUT2D eigenvalue weighted by atomic mass is 16.5. The first-order valence-electron chi connectivity index (χ1n) is 10.0. The lowest BCUT2D eigenvalue weighted by Crippen LogP contribution is -2.53. The molecular weight excluding hydrogens is 380 g/mol. The number of amides is 2. The van der Waals surface area contributed by atoms with Gasteiger partial charge in [-0.3, -0.25) is 9.59 Å². The molecule has 1 atom stereocenters. The SMILES string of the molecule is COc1ccc(OCC(=O)N(Cc2ccc(C)cc2)[C@@H](C)C(=O)NC(C)(C)C)cc1. The second-order valence-corrected chi connectivity index (χ2v) is 8.39. The molecule has 0 heterocycles. The molecule has 0 radical (unpaired) electrons. The number of hydrogen-bond donors (Lipinski definition) is 1. The maximum absolute atomic E-state index is 13.0. The van der Waals surface area contributed by atoms with Crippen molar-refractivity contribution in [2.75, 3.05) is 13.7 Å². The molecule has 0 saturated carbocycles. The summed E-state index contributed by atoms with van der Waals surface area (Å²) >= 11 is 0. The van der Waals surface area contributed by atoms with Gasteiger partial charge in [-0.2, -0.15) is 0 Å². The number of aryl methyl sites for hydroxylation is 1. The van der Waals surface area contributed by atoms with Crippen LogP contribution in [0, 0.1) is 6.92 Å². The summed E-state index contributed by atoms with van der Waals surface area (Å²) in [6, 6.07) is 14.3. The van der Waals surface area contributed by atoms with Crippen LogP contribution >= 0.6 is 0 Å². The van der Waals surface area contributed by atoms with Crippen LogP contribution in [0.5, 0.6) is 11.5 Å². The van der Waals surface area contributed by atoms with Crippen molar-refractivity contribution in [1.29, 1.82) is 0 Å². The standard InChI is InChI=1S/C24H32N2O4/c1-17-7-9-19(10-8-17)15-26(18(2)23(28)25-24(3,4)5)22(27)16-30-21-13-11-20(29-6)12-14-21/h7-14,18H,15-16H2,1-6H3,(H,25,28)/t18-/m0/s1. The Labute approximate surface area is 179 Å². The topological polar surface area (TPSA) is 67.9 Å². The Morgan fingerprint density at radius 3 is 2.10 bits per heavy atom. The van der Waals surface area contributed by atoms with Gasteiger partial charge in [-0.15, -0.1) is 0 Å². The van der Waals surface area contributed by atoms with Gasteiger partial charge in [0.15, 0.2) is 6.61 Å². The van der Waals surface area contributed by atoms with Crippen LogP contribution in [0.15, 0.2) is 48.5 Å². The maximum Gasteiger partial charge on any atom is 0.261 e. The first-order valence-corrected chi connectivity index (χ1v) is 10.0. The van der Waals surface area contributed by atoms with Crippen molar-refractivity contribution >= 4 is 11.8 Å². The summed E-state index contributed by atoms with van der Waals surface area (Å²) in [5.41, 5.74) is 1.70. The van der Waals surface area contributed by atoms with E-state index in [1.807, 2.05) is 52.0 Å². The Bertz CT molecular complexity index is 839. The van der Waals surface area contributed by atoms with Crippen molar-refractivity contribution in [2.45, 2.75) is 52.7 Å². The maximum atomic E-state index is 13.0. The van der Waals surface area contributed by atoms with Gasteiger partial charge in [0.05, 0.1) is 7.11 Å². The molecule has 0 aromatic heterocycles. The van der Waals surface area contributed by atoms with E-state index >= 15 is 0 Å². The van der Waals surface area contributed by atoms with Gasteiger partial charge >= 0.3 is 0 Å². The molecule has 0 aliphatic rings. The summed E-state index contributed by atoms with van der Waals surface area (Å²) in [6.45, 7) is 9.65. The molecule has 6 heteroatoms. The van der Waals surface area contributed by atoms with Crippen molar-refractivity contribution in [3.8, 4) is 11.5 Å². The Balaban J connectivity index is 2.14. The molecule has 0 unspecified atom stereocenters. The molecule has 0 bridgehead atoms. The predicted octanol–water partition coefficient (Wildman–Crippen LogP) is 3.71. The van der Waals surface area contributed by atoms with E-state index < -0.39 is 6.04 Å². The highest BCUT2D eigenvalue weighted by Crippen LogP contribution is 2.18. The van der Waals surface area contributed by atoms with E-state index in [4.69, 9.17) is 9.47 Å². The fourth-order valence-electron chi connectivity index (χ4n) is 2.85. The van der Waals surface area contributed by atoms with Crippen LogP contribution in [0.4, 0.5) is 0 Å². The molecule has 0 fully saturated rings. The number of nitrogens with one attached hydrogen (secondary N) is 1. The third kappa shape index (κ3) is 7.10. The Morgan fingerprint density at radius 1 is 1.00 bits per heavy atom. The van der Waals surface area contributed by atoms with Gasteiger partial charge in [-0.05, 0) is 64.4 Å². The lowest BCUT2D eigenvalue weighted by molar-refractivity contribution is -0.142. The van der Waals surface area contributed by atoms with Crippen LogP contribution < -0.4 is 14.8 Å². The Hall–Kier alpha value is -3.02. The van der Waals surface area contributed by atoms with Gasteiger partial charge in [0.25, 0.3) is 5.91 Å². The van der Waals surface area contributed by atoms with Gasteiger partial charge in [-0.1, -0.05) is 29.8 Å². The molecule has 162 valence electrons. The van der Waals surface area contributed by atoms with Gasteiger partial charge in [0, 0.05) is 12.1 Å². The van der Waals surface area contributed by atoms with E-state index in [0.29, 0.717) is 18.0 Å². The van der Waals surface area contributed by atoms with Gasteiger partial charge in [0.2, 0.25) is 5.91 Å². The lowest BCUT2D eigenvalue weighted by atomic mass is 10.1. The van der Waals surface area contributed by atoms with Crippen molar-refractivity contribution in [3.63, 3.8) is 0 Å². The highest BCUT2D eigenvalue weighted by molar-refractivity contribution is 5.88. The van der Waals surface area contributed by atoms with E-state index in [1.54, 1.807) is 43.2 Å². The molecule has 0 saturated heterocycles. The molecular formula is C24H32N2O4. The summed E-state index contributed by atoms with van der Waals surface area (Å²) in [5, 5.41) is 2.95. The molecule has 6 nitrogen and oxygen atoms in total. The number of benzene rings is 2. The lowest BCUT2D eigenvalue weighted by Gasteiger charge is -2.31. The third-order valence-electron chi connectivity index (χ3n) is 4.56. The predicted molar refractivity (Wildman–Crippen MR) is 118 cm³/mol. The summed E-state index contributed by atoms with van der Waals surface area (Å²) in [4.78, 5) is 27.3. The fraction of sp³-hybridized carbons (Fsp3) is 0.417. The summed E-state index contributed by atoms with van der Waals surface area (Å²) in [7, 11) is 1.59. The molecule has 2 aromatic rings. The molecule has 30 heavy (non-hydrogen) atoms. The third-order valence-corrected chi connectivity index (χ3v) is 4.56. The van der Waals surface area contributed by atoms with E-state index in [-0.39, 0.29) is 24.0 Å². The van der Waals surface area contributed by atoms with E-state index in [2.05, 4.69) is 5.32 Å². The average molecular weight is 413 g/mol. The van der Waals surface area contributed by atoms with E-state index in [0.717, 1.165) is 11.1 Å². The molecule has 0 spiro atoms. The van der Waals surface area contributed by atoms with Crippen LogP contribution in [0.1, 0.15) is 38.8 Å². The van der Waals surface area contributed by atoms with E-state index in [1.165, 1.54) is 0 Å². The zero-order valence-corrected chi connectivity index (χ0v) is 18.7. The number of carbonyl (C=O) groups is 2. The zero-order valence-electron chi connectivity index (χ0n) is 18.7. The minimum Gasteiger partial charge on any atom is -0.497 e. The van der Waals surface area contributed by atoms with Gasteiger partial charge in [0.1, 0.15) is 17.5 Å². The molecule has 2 amide bonds. The molecule has 2 rings (SSSR count). The number of ether oxygens (including phenoxy) is 2. The Kier molecular flexibility index (Phi) is 7.86. The zero-order chi connectivity index (χ0) is 22.3. The average Bonchev–Trinajstić information content (AvgIpc) is 2.70. The largest absolute Gasteiger partial charge is 0.497 e. The quantitative estimate of drug-likeness (QED) is 0.718. The molecule has 0 aliphatic carbocycles. The van der Waals surface area contributed by atoms with Crippen LogP contribution in [0.25, 0.3) is 0 Å². The minimum absolute atomic E-state index is 0.161. The molecule has 0 aliphatic heterocycles. The van der Waals surface area contributed by atoms with Gasteiger partial charge < -0.3 is 19.7 Å². The first kappa shape index (κ1) is 23.3. The summed E-state index contributed by atoms with van der Waals surface area (Å²) in [5.74, 6) is 0.809. The highest BCUT2D eigenvalue weighted by Gasteiger charge is 2.28. The normalized spacial score (nSPS) is 12.1. The number of hydrogen-bond acceptors (Lipinski definition) is 4. The van der Waals surface area contributed by atoms with Gasteiger partial charge in [-0.25, -0.2) is 0 Å².